The van der Waals surface area contributed by atoms with Crippen molar-refractivity contribution in [1.29, 1.82) is 0 Å². The molecule has 9 heteroatoms. The first-order valence-corrected chi connectivity index (χ1v) is 13.3. The van der Waals surface area contributed by atoms with E-state index in [4.69, 9.17) is 11.6 Å². The Morgan fingerprint density at radius 3 is 2.46 bits per heavy atom. The van der Waals surface area contributed by atoms with Crippen LogP contribution in [0.4, 0.5) is 5.69 Å². The average molecular weight is 546 g/mol. The number of anilines is 1. The summed E-state index contributed by atoms with van der Waals surface area (Å²) in [5.74, 6) is -1.04. The van der Waals surface area contributed by atoms with Gasteiger partial charge in [-0.05, 0) is 55.0 Å². The van der Waals surface area contributed by atoms with Gasteiger partial charge in [-0.15, -0.1) is 0 Å². The Bertz CT molecular complexity index is 1280. The van der Waals surface area contributed by atoms with Crippen molar-refractivity contribution >= 4 is 41.1 Å². The molecule has 1 aliphatic heterocycles. The Morgan fingerprint density at radius 2 is 1.77 bits per heavy atom. The maximum atomic E-state index is 13.1. The summed E-state index contributed by atoms with van der Waals surface area (Å²) < 4.78 is 0. The van der Waals surface area contributed by atoms with Gasteiger partial charge in [0.25, 0.3) is 0 Å². The molecule has 202 valence electrons. The number of pyridine rings is 1. The van der Waals surface area contributed by atoms with Gasteiger partial charge in [0.05, 0.1) is 6.54 Å². The first kappa shape index (κ1) is 27.9. The number of rotatable bonds is 9. The largest absolute Gasteiger partial charge is 0.368 e. The van der Waals surface area contributed by atoms with Crippen LogP contribution in [0.5, 0.6) is 0 Å². The molecule has 4 rings (SSSR count). The third-order valence-electron chi connectivity index (χ3n) is 6.55. The number of carbonyl (C=O) groups is 3. The molecule has 1 fully saturated rings. The van der Waals surface area contributed by atoms with E-state index in [1.807, 2.05) is 31.2 Å². The molecule has 2 unspecified atom stereocenters. The number of halogens is 1. The summed E-state index contributed by atoms with van der Waals surface area (Å²) in [5, 5.41) is 6.07. The van der Waals surface area contributed by atoms with E-state index in [0.29, 0.717) is 30.4 Å². The van der Waals surface area contributed by atoms with E-state index in [0.717, 1.165) is 11.3 Å². The van der Waals surface area contributed by atoms with Gasteiger partial charge in [0.15, 0.2) is 0 Å². The third-order valence-corrected chi connectivity index (χ3v) is 6.80. The highest BCUT2D eigenvalue weighted by molar-refractivity contribution is 6.30. The highest BCUT2D eigenvalue weighted by Crippen LogP contribution is 2.18. The van der Waals surface area contributed by atoms with Gasteiger partial charge in [-0.25, -0.2) is 0 Å². The standard InChI is InChI=1S/C30H32ClN5O3/c1-22-21-35(26-8-3-2-4-9-26)17-18-36(22)29(38)20-33-30(39)27(19-25-7-5-6-16-32-25)34-28(37)15-12-23-10-13-24(31)14-11-23/h2-16,22,27H,17-21H2,1H3,(H,33,39)(H,34,37)/b15-12+. The minimum Gasteiger partial charge on any atom is -0.368 e. The van der Waals surface area contributed by atoms with Gasteiger partial charge in [-0.1, -0.05) is 48.0 Å². The molecule has 2 atom stereocenters. The summed E-state index contributed by atoms with van der Waals surface area (Å²) in [4.78, 5) is 47.1. The predicted molar refractivity (Wildman–Crippen MR) is 153 cm³/mol. The Balaban J connectivity index is 1.34. The normalized spacial score (nSPS) is 16.1. The highest BCUT2D eigenvalue weighted by Gasteiger charge is 2.28. The average Bonchev–Trinajstić information content (AvgIpc) is 2.96. The van der Waals surface area contributed by atoms with Crippen molar-refractivity contribution in [3.05, 3.63) is 101 Å². The molecule has 0 spiro atoms. The summed E-state index contributed by atoms with van der Waals surface area (Å²) in [5.41, 5.74) is 2.58. The van der Waals surface area contributed by atoms with Crippen LogP contribution >= 0.6 is 11.6 Å². The molecular formula is C30H32ClN5O3. The second-order valence-electron chi connectivity index (χ2n) is 9.41. The zero-order valence-corrected chi connectivity index (χ0v) is 22.6. The monoisotopic (exact) mass is 545 g/mol. The smallest absolute Gasteiger partial charge is 0.244 e. The molecule has 0 aliphatic carbocycles. The third kappa shape index (κ3) is 8.15. The maximum absolute atomic E-state index is 13.1. The molecule has 2 aromatic carbocycles. The van der Waals surface area contributed by atoms with Gasteiger partial charge < -0.3 is 20.4 Å². The number of piperazine rings is 1. The molecule has 3 aromatic rings. The number of hydrogen-bond acceptors (Lipinski definition) is 5. The van der Waals surface area contributed by atoms with Crippen molar-refractivity contribution in [2.45, 2.75) is 25.4 Å². The number of benzene rings is 2. The van der Waals surface area contributed by atoms with Crippen LogP contribution in [0, 0.1) is 0 Å². The molecule has 8 nitrogen and oxygen atoms in total. The molecule has 2 N–H and O–H groups in total. The van der Waals surface area contributed by atoms with E-state index in [1.54, 1.807) is 53.6 Å². The van der Waals surface area contributed by atoms with E-state index >= 15 is 0 Å². The predicted octanol–water partition coefficient (Wildman–Crippen LogP) is 3.33. The topological polar surface area (TPSA) is 94.6 Å². The molecule has 1 aliphatic rings. The lowest BCUT2D eigenvalue weighted by atomic mass is 10.1. The van der Waals surface area contributed by atoms with Crippen molar-refractivity contribution < 1.29 is 14.4 Å². The first-order valence-electron chi connectivity index (χ1n) is 12.9. The lowest BCUT2D eigenvalue weighted by molar-refractivity contribution is -0.135. The molecule has 0 saturated carbocycles. The highest BCUT2D eigenvalue weighted by atomic mass is 35.5. The van der Waals surface area contributed by atoms with Crippen molar-refractivity contribution in [3.8, 4) is 0 Å². The van der Waals surface area contributed by atoms with Crippen molar-refractivity contribution in [2.75, 3.05) is 31.1 Å². The van der Waals surface area contributed by atoms with Gasteiger partial charge in [0.1, 0.15) is 6.04 Å². The Kier molecular flexibility index (Phi) is 9.69. The summed E-state index contributed by atoms with van der Waals surface area (Å²) in [6.45, 7) is 3.85. The summed E-state index contributed by atoms with van der Waals surface area (Å²) in [6, 6.07) is 21.6. The number of hydrogen-bond donors (Lipinski definition) is 2. The fourth-order valence-corrected chi connectivity index (χ4v) is 4.62. The number of nitrogens with one attached hydrogen (secondary N) is 2. The van der Waals surface area contributed by atoms with Gasteiger partial charge >= 0.3 is 0 Å². The van der Waals surface area contributed by atoms with Crippen LogP contribution in [-0.2, 0) is 20.8 Å². The number of amides is 3. The van der Waals surface area contributed by atoms with E-state index in [1.165, 1.54) is 6.08 Å². The van der Waals surface area contributed by atoms with Gasteiger partial charge in [-0.2, -0.15) is 0 Å². The van der Waals surface area contributed by atoms with Gasteiger partial charge in [0.2, 0.25) is 17.7 Å². The Hall–Kier alpha value is -4.17. The molecular weight excluding hydrogens is 514 g/mol. The van der Waals surface area contributed by atoms with Crippen LogP contribution in [0.25, 0.3) is 6.08 Å². The van der Waals surface area contributed by atoms with Crippen LogP contribution in [-0.4, -0.2) is 65.9 Å². The minimum atomic E-state index is -0.901. The van der Waals surface area contributed by atoms with Gasteiger partial charge in [-0.3, -0.25) is 19.4 Å². The van der Waals surface area contributed by atoms with E-state index in [2.05, 4.69) is 32.7 Å². The molecule has 1 saturated heterocycles. The number of aromatic nitrogens is 1. The maximum Gasteiger partial charge on any atom is 0.244 e. The van der Waals surface area contributed by atoms with Crippen LogP contribution < -0.4 is 15.5 Å². The van der Waals surface area contributed by atoms with E-state index in [9.17, 15) is 14.4 Å². The second-order valence-corrected chi connectivity index (χ2v) is 9.84. The fourth-order valence-electron chi connectivity index (χ4n) is 4.49. The molecule has 39 heavy (non-hydrogen) atoms. The molecule has 0 radical (unpaired) electrons. The van der Waals surface area contributed by atoms with E-state index in [-0.39, 0.29) is 24.9 Å². The SMILES string of the molecule is CC1CN(c2ccccc2)CCN1C(=O)CNC(=O)C(Cc1ccccn1)NC(=O)/C=C/c1ccc(Cl)cc1. The number of nitrogens with zero attached hydrogens (tertiary/aromatic N) is 3. The van der Waals surface area contributed by atoms with Crippen LogP contribution in [0.3, 0.4) is 0 Å². The molecule has 0 bridgehead atoms. The summed E-state index contributed by atoms with van der Waals surface area (Å²) >= 11 is 5.91. The molecule has 3 amide bonds. The fraction of sp³-hybridized carbons (Fsp3) is 0.267. The zero-order chi connectivity index (χ0) is 27.6. The van der Waals surface area contributed by atoms with Crippen LogP contribution in [0.2, 0.25) is 5.02 Å². The van der Waals surface area contributed by atoms with Crippen LogP contribution in [0.15, 0.2) is 85.1 Å². The van der Waals surface area contributed by atoms with Crippen molar-refractivity contribution in [2.24, 2.45) is 0 Å². The summed E-state index contributed by atoms with van der Waals surface area (Å²) in [7, 11) is 0. The second kappa shape index (κ2) is 13.6. The minimum absolute atomic E-state index is 0.00891. The van der Waals surface area contributed by atoms with Crippen LogP contribution in [0.1, 0.15) is 18.2 Å². The zero-order valence-electron chi connectivity index (χ0n) is 21.8. The quantitative estimate of drug-likeness (QED) is 0.402. The lowest BCUT2D eigenvalue weighted by Gasteiger charge is -2.41. The Labute approximate surface area is 233 Å². The van der Waals surface area contributed by atoms with E-state index < -0.39 is 17.9 Å². The summed E-state index contributed by atoms with van der Waals surface area (Å²) in [6.07, 6.45) is 4.82. The lowest BCUT2D eigenvalue weighted by Crippen LogP contribution is -2.57. The first-order chi connectivity index (χ1) is 18.9. The number of para-hydroxylation sites is 1. The molecule has 2 heterocycles. The van der Waals surface area contributed by atoms with Gasteiger partial charge in [0, 0.05) is 60.8 Å². The number of carbonyl (C=O) groups excluding carboxylic acids is 3. The Morgan fingerprint density at radius 1 is 1.03 bits per heavy atom. The molecule has 1 aromatic heterocycles. The van der Waals surface area contributed by atoms with Crippen molar-refractivity contribution in [3.63, 3.8) is 0 Å². The van der Waals surface area contributed by atoms with Crippen molar-refractivity contribution in [1.82, 2.24) is 20.5 Å².